The van der Waals surface area contributed by atoms with Crippen molar-refractivity contribution in [3.8, 4) is 5.75 Å². The van der Waals surface area contributed by atoms with E-state index in [2.05, 4.69) is 25.7 Å². The van der Waals surface area contributed by atoms with Gasteiger partial charge in [-0.2, -0.15) is 0 Å². The third-order valence-electron chi connectivity index (χ3n) is 4.98. The van der Waals surface area contributed by atoms with Crippen molar-refractivity contribution in [1.82, 2.24) is 20.9 Å². The molecule has 1 aromatic heterocycles. The van der Waals surface area contributed by atoms with Gasteiger partial charge in [0.1, 0.15) is 11.8 Å². The zero-order chi connectivity index (χ0) is 22.2. The summed E-state index contributed by atoms with van der Waals surface area (Å²) >= 11 is 6.26. The minimum atomic E-state index is -4.81. The Morgan fingerprint density at radius 3 is 2.48 bits per heavy atom. The number of nitrogens with zero attached hydrogens (tertiary/aromatic N) is 1. The van der Waals surface area contributed by atoms with Gasteiger partial charge in [-0.25, -0.2) is 4.79 Å². The smallest absolute Gasteiger partial charge is 0.406 e. The number of urea groups is 1. The molecule has 2 aromatic rings. The fourth-order valence-corrected chi connectivity index (χ4v) is 3.58. The maximum atomic E-state index is 12.7. The molecule has 3 amide bonds. The number of aromatic nitrogens is 1. The van der Waals surface area contributed by atoms with Crippen LogP contribution >= 0.6 is 11.6 Å². The van der Waals surface area contributed by atoms with Crippen molar-refractivity contribution in [1.29, 1.82) is 0 Å². The predicted octanol–water partition coefficient (Wildman–Crippen LogP) is 3.40. The van der Waals surface area contributed by atoms with E-state index in [1.54, 1.807) is 12.1 Å². The number of carbonyl (C=O) groups is 2. The van der Waals surface area contributed by atoms with E-state index in [1.807, 2.05) is 0 Å². The molecule has 3 N–H and O–H groups in total. The number of halogens is 4. The highest BCUT2D eigenvalue weighted by atomic mass is 35.5. The number of pyridine rings is 1. The van der Waals surface area contributed by atoms with Gasteiger partial charge in [0, 0.05) is 12.5 Å². The Morgan fingerprint density at radius 1 is 1.19 bits per heavy atom. The molecule has 1 saturated heterocycles. The van der Waals surface area contributed by atoms with E-state index in [1.165, 1.54) is 24.3 Å². The number of nitrogens with one attached hydrogen (secondary N) is 3. The monoisotopic (exact) mass is 454 g/mol. The molecule has 1 saturated carbocycles. The summed E-state index contributed by atoms with van der Waals surface area (Å²) in [4.78, 5) is 28.7. The fraction of sp³-hybridized carbons (Fsp3) is 0.350. The largest absolute Gasteiger partial charge is 0.573 e. The first-order valence-electron chi connectivity index (χ1n) is 9.56. The number of hydrogen-bond acceptors (Lipinski definition) is 4. The molecule has 11 heteroatoms. The second kappa shape index (κ2) is 8.26. The predicted molar refractivity (Wildman–Crippen MR) is 105 cm³/mol. The summed E-state index contributed by atoms with van der Waals surface area (Å²) in [5.74, 6) is -0.579. The first-order valence-corrected chi connectivity index (χ1v) is 9.94. The average molecular weight is 455 g/mol. The van der Waals surface area contributed by atoms with Gasteiger partial charge in [0.05, 0.1) is 22.5 Å². The van der Waals surface area contributed by atoms with Gasteiger partial charge < -0.3 is 20.7 Å². The molecule has 164 valence electrons. The Labute approximate surface area is 180 Å². The number of ether oxygens (including phenoxy) is 1. The topological polar surface area (TPSA) is 92.4 Å². The lowest BCUT2D eigenvalue weighted by Gasteiger charge is -2.22. The Hall–Kier alpha value is -3.01. The number of amides is 3. The first-order chi connectivity index (χ1) is 14.7. The van der Waals surface area contributed by atoms with E-state index in [0.29, 0.717) is 16.3 Å². The van der Waals surface area contributed by atoms with Crippen molar-refractivity contribution in [3.63, 3.8) is 0 Å². The number of hydrogen-bond donors (Lipinski definition) is 3. The molecule has 1 unspecified atom stereocenters. The van der Waals surface area contributed by atoms with E-state index >= 15 is 0 Å². The summed E-state index contributed by atoms with van der Waals surface area (Å²) < 4.78 is 41.3. The van der Waals surface area contributed by atoms with Crippen molar-refractivity contribution in [2.45, 2.75) is 37.2 Å². The van der Waals surface area contributed by atoms with Crippen molar-refractivity contribution in [2.75, 3.05) is 6.54 Å². The molecule has 4 rings (SSSR count). The summed E-state index contributed by atoms with van der Waals surface area (Å²) in [6.45, 7) is 0.122. The Morgan fingerprint density at radius 2 is 1.90 bits per heavy atom. The van der Waals surface area contributed by atoms with Crippen LogP contribution in [0, 0.1) is 0 Å². The Kier molecular flexibility index (Phi) is 5.65. The molecular weight excluding hydrogens is 437 g/mol. The van der Waals surface area contributed by atoms with Crippen LogP contribution < -0.4 is 20.7 Å². The zero-order valence-corrected chi connectivity index (χ0v) is 16.8. The van der Waals surface area contributed by atoms with Crippen LogP contribution in [0.15, 0.2) is 36.4 Å². The summed E-state index contributed by atoms with van der Waals surface area (Å²) in [5.41, 5.74) is 1.71. The second-order valence-corrected chi connectivity index (χ2v) is 7.75. The Balaban J connectivity index is 1.63. The molecule has 1 aliphatic heterocycles. The van der Waals surface area contributed by atoms with E-state index in [9.17, 15) is 22.8 Å². The van der Waals surface area contributed by atoms with Gasteiger partial charge in [-0.3, -0.25) is 9.78 Å². The molecule has 1 aromatic carbocycles. The molecule has 7 nitrogen and oxygen atoms in total. The summed E-state index contributed by atoms with van der Waals surface area (Å²) in [5, 5.41) is 8.35. The number of alkyl halides is 3. The highest BCUT2D eigenvalue weighted by Gasteiger charge is 2.33. The van der Waals surface area contributed by atoms with Crippen LogP contribution in [0.5, 0.6) is 5.75 Å². The summed E-state index contributed by atoms with van der Waals surface area (Å²) in [6.07, 6.45) is -2.87. The third kappa shape index (κ3) is 5.19. The molecule has 2 atom stereocenters. The molecule has 2 fully saturated rings. The normalized spacial score (nSPS) is 19.4. The molecule has 0 radical (unpaired) electrons. The standard InChI is InChI=1S/C20H18ClF3N4O3/c21-13-7-8-14(26-16(13)10-1-2-10)17(28-18(29)15-9-25-19(30)27-15)11-3-5-12(6-4-11)31-20(22,23)24/h3-8,10,15,17H,1-2,9H2,(H,28,29)(H2,25,27,30)/t15-,17?/m0/s1. The van der Waals surface area contributed by atoms with Crippen LogP contribution in [0.25, 0.3) is 0 Å². The van der Waals surface area contributed by atoms with Crippen LogP contribution in [0.4, 0.5) is 18.0 Å². The lowest BCUT2D eigenvalue weighted by atomic mass is 10.0. The van der Waals surface area contributed by atoms with E-state index in [0.717, 1.165) is 18.5 Å². The van der Waals surface area contributed by atoms with Crippen LogP contribution in [0.2, 0.25) is 5.02 Å². The summed E-state index contributed by atoms with van der Waals surface area (Å²) in [6, 6.07) is 6.53. The number of benzene rings is 1. The van der Waals surface area contributed by atoms with Crippen molar-refractivity contribution in [2.24, 2.45) is 0 Å². The van der Waals surface area contributed by atoms with Crippen LogP contribution in [-0.2, 0) is 4.79 Å². The van der Waals surface area contributed by atoms with E-state index in [4.69, 9.17) is 11.6 Å². The third-order valence-corrected chi connectivity index (χ3v) is 5.30. The SMILES string of the molecule is O=C1NC[C@@H](C(=O)NC(c2ccc(OC(F)(F)F)cc2)c2ccc(Cl)c(C3CC3)n2)N1. The quantitative estimate of drug-likeness (QED) is 0.624. The van der Waals surface area contributed by atoms with Gasteiger partial charge in [-0.15, -0.1) is 13.2 Å². The molecule has 0 spiro atoms. The molecular formula is C20H18ClF3N4O3. The van der Waals surface area contributed by atoms with Gasteiger partial charge in [0.15, 0.2) is 0 Å². The first kappa shape index (κ1) is 21.2. The van der Waals surface area contributed by atoms with Crippen LogP contribution in [-0.4, -0.2) is 35.9 Å². The molecule has 2 aliphatic rings. The average Bonchev–Trinajstić information content (AvgIpc) is 3.46. The molecule has 0 bridgehead atoms. The second-order valence-electron chi connectivity index (χ2n) is 7.34. The zero-order valence-electron chi connectivity index (χ0n) is 16.0. The summed E-state index contributed by atoms with van der Waals surface area (Å²) in [7, 11) is 0. The Bertz CT molecular complexity index is 996. The van der Waals surface area contributed by atoms with Crippen LogP contribution in [0.1, 0.15) is 41.8 Å². The van der Waals surface area contributed by atoms with Gasteiger partial charge in [0.25, 0.3) is 0 Å². The lowest BCUT2D eigenvalue weighted by Crippen LogP contribution is -2.44. The van der Waals surface area contributed by atoms with Gasteiger partial charge >= 0.3 is 12.4 Å². The fourth-order valence-electron chi connectivity index (χ4n) is 3.32. The highest BCUT2D eigenvalue weighted by molar-refractivity contribution is 6.31. The highest BCUT2D eigenvalue weighted by Crippen LogP contribution is 2.42. The number of rotatable bonds is 6. The van der Waals surface area contributed by atoms with E-state index in [-0.39, 0.29) is 18.2 Å². The molecule has 31 heavy (non-hydrogen) atoms. The lowest BCUT2D eigenvalue weighted by molar-refractivity contribution is -0.274. The van der Waals surface area contributed by atoms with Crippen molar-refractivity contribution in [3.05, 3.63) is 58.4 Å². The number of carbonyl (C=O) groups excluding carboxylic acids is 2. The van der Waals surface area contributed by atoms with Crippen LogP contribution in [0.3, 0.4) is 0 Å². The van der Waals surface area contributed by atoms with Gasteiger partial charge in [-0.1, -0.05) is 23.7 Å². The molecule has 2 heterocycles. The van der Waals surface area contributed by atoms with Crippen molar-refractivity contribution < 1.29 is 27.5 Å². The molecule has 1 aliphatic carbocycles. The maximum Gasteiger partial charge on any atom is 0.573 e. The van der Waals surface area contributed by atoms with Crippen molar-refractivity contribution >= 4 is 23.5 Å². The maximum absolute atomic E-state index is 12.7. The van der Waals surface area contributed by atoms with Gasteiger partial charge in [0.2, 0.25) is 5.91 Å². The minimum Gasteiger partial charge on any atom is -0.406 e. The van der Waals surface area contributed by atoms with E-state index < -0.39 is 30.4 Å². The van der Waals surface area contributed by atoms with Gasteiger partial charge in [-0.05, 0) is 42.7 Å². The minimum absolute atomic E-state index is 0.122.